The van der Waals surface area contributed by atoms with E-state index in [0.29, 0.717) is 5.56 Å². The first-order valence-electron chi connectivity index (χ1n) is 4.22. The Morgan fingerprint density at radius 1 is 1.33 bits per heavy atom. The Morgan fingerprint density at radius 2 is 1.87 bits per heavy atom. The van der Waals surface area contributed by atoms with Gasteiger partial charge in [0.2, 0.25) is 0 Å². The number of carbonyl (C=O) groups excluding carboxylic acids is 1. The summed E-state index contributed by atoms with van der Waals surface area (Å²) in [4.78, 5) is 11.0. The summed E-state index contributed by atoms with van der Waals surface area (Å²) in [5, 5.41) is 0. The largest absolute Gasteiger partial charge is 0.419 e. The van der Waals surface area contributed by atoms with Crippen LogP contribution in [0.5, 0.6) is 0 Å². The number of rotatable bonds is 1. The Bertz CT molecular complexity index is 410. The minimum absolute atomic E-state index is 0.312. The summed E-state index contributed by atoms with van der Waals surface area (Å²) in [6.45, 7) is 2.55. The molecular weight excluding hydrogens is 207 g/mol. The van der Waals surface area contributed by atoms with Gasteiger partial charge in [-0.05, 0) is 19.4 Å². The minimum atomic E-state index is -4.60. The first kappa shape index (κ1) is 11.6. The molecule has 0 atom stereocenters. The van der Waals surface area contributed by atoms with Gasteiger partial charge < -0.3 is 5.73 Å². The zero-order chi connectivity index (χ0) is 11.8. The van der Waals surface area contributed by atoms with Crippen molar-refractivity contribution in [2.45, 2.75) is 20.0 Å². The second-order valence-electron chi connectivity index (χ2n) is 3.27. The lowest BCUT2D eigenvalue weighted by atomic mass is 9.99. The SMILES string of the molecule is CC(=O)c1ccc(C)c(N)c1C(F)(F)F. The number of hydrogen-bond donors (Lipinski definition) is 1. The summed E-state index contributed by atoms with van der Waals surface area (Å²) in [6.07, 6.45) is -4.60. The summed E-state index contributed by atoms with van der Waals surface area (Å²) in [5.74, 6) is -0.644. The molecule has 15 heavy (non-hydrogen) atoms. The van der Waals surface area contributed by atoms with Gasteiger partial charge in [-0.3, -0.25) is 4.79 Å². The van der Waals surface area contributed by atoms with Gasteiger partial charge in [0.15, 0.2) is 5.78 Å². The zero-order valence-electron chi connectivity index (χ0n) is 8.27. The molecule has 0 aliphatic heterocycles. The number of carbonyl (C=O) groups is 1. The average molecular weight is 217 g/mol. The van der Waals surface area contributed by atoms with Crippen LogP contribution in [0.15, 0.2) is 12.1 Å². The highest BCUT2D eigenvalue weighted by atomic mass is 19.4. The topological polar surface area (TPSA) is 43.1 Å². The number of alkyl halides is 3. The van der Waals surface area contributed by atoms with E-state index in [1.165, 1.54) is 13.0 Å². The van der Waals surface area contributed by atoms with Crippen molar-refractivity contribution in [1.82, 2.24) is 0 Å². The van der Waals surface area contributed by atoms with Crippen molar-refractivity contribution < 1.29 is 18.0 Å². The average Bonchev–Trinajstić information content (AvgIpc) is 2.06. The van der Waals surface area contributed by atoms with Gasteiger partial charge >= 0.3 is 6.18 Å². The Balaban J connectivity index is 3.57. The molecule has 0 radical (unpaired) electrons. The van der Waals surface area contributed by atoms with Gasteiger partial charge in [0.25, 0.3) is 0 Å². The molecule has 1 rings (SSSR count). The highest BCUT2D eigenvalue weighted by Gasteiger charge is 2.37. The molecule has 0 heterocycles. The maximum Gasteiger partial charge on any atom is 0.419 e. The normalized spacial score (nSPS) is 11.5. The number of hydrogen-bond acceptors (Lipinski definition) is 2. The van der Waals surface area contributed by atoms with Gasteiger partial charge in [-0.2, -0.15) is 13.2 Å². The van der Waals surface area contributed by atoms with E-state index in [1.54, 1.807) is 0 Å². The summed E-state index contributed by atoms with van der Waals surface area (Å²) in [7, 11) is 0. The standard InChI is InChI=1S/C10H10F3NO/c1-5-3-4-7(6(2)15)8(9(5)14)10(11,12)13/h3-4H,14H2,1-2H3. The van der Waals surface area contributed by atoms with Gasteiger partial charge in [0, 0.05) is 11.3 Å². The third-order valence-electron chi connectivity index (χ3n) is 2.13. The van der Waals surface area contributed by atoms with Gasteiger partial charge in [0.1, 0.15) is 0 Å². The van der Waals surface area contributed by atoms with E-state index < -0.39 is 17.5 Å². The summed E-state index contributed by atoms with van der Waals surface area (Å²) in [6, 6.07) is 2.55. The number of ketones is 1. The van der Waals surface area contributed by atoms with Crippen LogP contribution in [0.1, 0.15) is 28.4 Å². The number of Topliss-reactive ketones (excluding diaryl/α,β-unsaturated/α-hetero) is 1. The Labute approximate surface area is 84.9 Å². The Kier molecular flexibility index (Phi) is 2.75. The Hall–Kier alpha value is -1.52. The quantitative estimate of drug-likeness (QED) is 0.580. The number of aryl methyl sites for hydroxylation is 1. The van der Waals surface area contributed by atoms with Crippen LogP contribution in [0.4, 0.5) is 18.9 Å². The van der Waals surface area contributed by atoms with Gasteiger partial charge in [-0.15, -0.1) is 0 Å². The van der Waals surface area contributed by atoms with Crippen LogP contribution in [0, 0.1) is 6.92 Å². The van der Waals surface area contributed by atoms with Crippen LogP contribution in [0.3, 0.4) is 0 Å². The fourth-order valence-corrected chi connectivity index (χ4v) is 1.32. The predicted octanol–water partition coefficient (Wildman–Crippen LogP) is 2.80. The van der Waals surface area contributed by atoms with E-state index in [4.69, 9.17) is 5.73 Å². The van der Waals surface area contributed by atoms with E-state index in [2.05, 4.69) is 0 Å². The van der Waals surface area contributed by atoms with E-state index in [1.807, 2.05) is 0 Å². The van der Waals surface area contributed by atoms with Crippen molar-refractivity contribution in [2.24, 2.45) is 0 Å². The van der Waals surface area contributed by atoms with E-state index in [-0.39, 0.29) is 11.3 Å². The molecule has 1 aromatic rings. The maximum atomic E-state index is 12.6. The summed E-state index contributed by atoms with van der Waals surface area (Å²) >= 11 is 0. The smallest absolute Gasteiger partial charge is 0.398 e. The molecule has 1 aromatic carbocycles. The second-order valence-corrected chi connectivity index (χ2v) is 3.27. The molecule has 0 aromatic heterocycles. The lowest BCUT2D eigenvalue weighted by Crippen LogP contribution is -2.15. The van der Waals surface area contributed by atoms with Crippen molar-refractivity contribution in [2.75, 3.05) is 5.73 Å². The van der Waals surface area contributed by atoms with Crippen LogP contribution in [0.25, 0.3) is 0 Å². The molecule has 2 nitrogen and oxygen atoms in total. The zero-order valence-corrected chi connectivity index (χ0v) is 8.27. The van der Waals surface area contributed by atoms with Crippen LogP contribution in [-0.4, -0.2) is 5.78 Å². The predicted molar refractivity (Wildman–Crippen MR) is 50.6 cm³/mol. The molecule has 0 saturated carbocycles. The molecule has 0 aliphatic carbocycles. The minimum Gasteiger partial charge on any atom is -0.398 e. The fourth-order valence-electron chi connectivity index (χ4n) is 1.32. The van der Waals surface area contributed by atoms with Crippen molar-refractivity contribution in [3.8, 4) is 0 Å². The molecule has 0 aliphatic rings. The van der Waals surface area contributed by atoms with Crippen LogP contribution in [0.2, 0.25) is 0 Å². The van der Waals surface area contributed by atoms with Crippen LogP contribution < -0.4 is 5.73 Å². The highest BCUT2D eigenvalue weighted by Crippen LogP contribution is 2.37. The third kappa shape index (κ3) is 2.11. The summed E-state index contributed by atoms with van der Waals surface area (Å²) < 4.78 is 37.9. The molecule has 0 spiro atoms. The number of nitrogens with two attached hydrogens (primary N) is 1. The Morgan fingerprint density at radius 3 is 2.27 bits per heavy atom. The van der Waals surface area contributed by atoms with Gasteiger partial charge in [-0.1, -0.05) is 12.1 Å². The first-order valence-corrected chi connectivity index (χ1v) is 4.22. The van der Waals surface area contributed by atoms with Gasteiger partial charge in [-0.25, -0.2) is 0 Å². The highest BCUT2D eigenvalue weighted by molar-refractivity contribution is 5.97. The molecule has 0 saturated heterocycles. The van der Waals surface area contributed by atoms with Crippen LogP contribution in [-0.2, 0) is 6.18 Å². The number of nitrogen functional groups attached to an aromatic ring is 1. The van der Waals surface area contributed by atoms with E-state index >= 15 is 0 Å². The summed E-state index contributed by atoms with van der Waals surface area (Å²) in [5.41, 5.74) is 3.85. The molecule has 5 heteroatoms. The maximum absolute atomic E-state index is 12.6. The number of benzene rings is 1. The molecular formula is C10H10F3NO. The molecule has 0 fully saturated rings. The fraction of sp³-hybridized carbons (Fsp3) is 0.300. The molecule has 2 N–H and O–H groups in total. The lowest BCUT2D eigenvalue weighted by Gasteiger charge is -2.15. The molecule has 0 unspecified atom stereocenters. The monoisotopic (exact) mass is 217 g/mol. The number of anilines is 1. The third-order valence-corrected chi connectivity index (χ3v) is 2.13. The molecule has 0 bridgehead atoms. The van der Waals surface area contributed by atoms with Gasteiger partial charge in [0.05, 0.1) is 5.56 Å². The van der Waals surface area contributed by atoms with Crippen molar-refractivity contribution in [3.63, 3.8) is 0 Å². The van der Waals surface area contributed by atoms with E-state index in [9.17, 15) is 18.0 Å². The van der Waals surface area contributed by atoms with Crippen molar-refractivity contribution >= 4 is 11.5 Å². The molecule has 82 valence electrons. The molecule has 0 amide bonds. The van der Waals surface area contributed by atoms with Crippen molar-refractivity contribution in [1.29, 1.82) is 0 Å². The second kappa shape index (κ2) is 3.56. The van der Waals surface area contributed by atoms with Crippen molar-refractivity contribution in [3.05, 3.63) is 28.8 Å². The van der Waals surface area contributed by atoms with Crippen LogP contribution >= 0.6 is 0 Å². The lowest BCUT2D eigenvalue weighted by molar-refractivity contribution is -0.137. The van der Waals surface area contributed by atoms with E-state index in [0.717, 1.165) is 13.0 Å². The first-order chi connectivity index (χ1) is 6.75. The number of halogens is 3.